The molecule has 9 heteroatoms. The molecule has 1 fully saturated rings. The van der Waals surface area contributed by atoms with Gasteiger partial charge in [-0.2, -0.15) is 0 Å². The number of ether oxygens (including phenoxy) is 1. The Bertz CT molecular complexity index is 1260. The number of aryl methyl sites for hydroxylation is 1. The summed E-state index contributed by atoms with van der Waals surface area (Å²) in [7, 11) is -2.34. The van der Waals surface area contributed by atoms with Gasteiger partial charge in [0.25, 0.3) is 10.0 Å². The van der Waals surface area contributed by atoms with Crippen molar-refractivity contribution in [1.29, 1.82) is 0 Å². The fourth-order valence-electron chi connectivity index (χ4n) is 3.99. The number of nitrogens with zero attached hydrogens (tertiary/aromatic N) is 3. The minimum atomic E-state index is -3.97. The number of rotatable bonds is 7. The molecule has 1 aliphatic rings. The Balaban J connectivity index is 1.50. The van der Waals surface area contributed by atoms with Gasteiger partial charge in [-0.15, -0.1) is 0 Å². The molecule has 0 bridgehead atoms. The summed E-state index contributed by atoms with van der Waals surface area (Å²) in [5.74, 6) is 0.554. The normalized spacial score (nSPS) is 14.0. The largest absolute Gasteiger partial charge is 0.497 e. The molecule has 0 atom stereocenters. The van der Waals surface area contributed by atoms with Gasteiger partial charge in [0.2, 0.25) is 5.91 Å². The lowest BCUT2D eigenvalue weighted by atomic mass is 10.2. The highest BCUT2D eigenvalue weighted by Gasteiger charge is 2.30. The lowest BCUT2D eigenvalue weighted by Gasteiger charge is -2.37. The number of anilines is 2. The van der Waals surface area contributed by atoms with Gasteiger partial charge >= 0.3 is 0 Å². The van der Waals surface area contributed by atoms with Crippen LogP contribution in [0.25, 0.3) is 0 Å². The summed E-state index contributed by atoms with van der Waals surface area (Å²) in [5.41, 5.74) is 2.50. The molecule has 3 aromatic rings. The first-order chi connectivity index (χ1) is 16.8. The van der Waals surface area contributed by atoms with Gasteiger partial charge < -0.3 is 14.5 Å². The number of hydrogen-bond acceptors (Lipinski definition) is 5. The maximum atomic E-state index is 13.5. The Kier molecular flexibility index (Phi) is 7.52. The van der Waals surface area contributed by atoms with Crippen LogP contribution in [0.2, 0.25) is 5.02 Å². The third-order valence-electron chi connectivity index (χ3n) is 6.07. The molecule has 0 unspecified atom stereocenters. The molecule has 0 aromatic heterocycles. The van der Waals surface area contributed by atoms with Crippen LogP contribution in [0.4, 0.5) is 11.4 Å². The molecule has 1 heterocycles. The Labute approximate surface area is 211 Å². The van der Waals surface area contributed by atoms with Crippen LogP contribution in [0.5, 0.6) is 5.75 Å². The zero-order chi connectivity index (χ0) is 25.0. The first-order valence-corrected chi connectivity index (χ1v) is 13.1. The van der Waals surface area contributed by atoms with Crippen LogP contribution < -0.4 is 13.9 Å². The van der Waals surface area contributed by atoms with Crippen molar-refractivity contribution in [3.8, 4) is 5.75 Å². The van der Waals surface area contributed by atoms with Crippen LogP contribution in [-0.2, 0) is 14.8 Å². The summed E-state index contributed by atoms with van der Waals surface area (Å²) in [4.78, 5) is 17.3. The second-order valence-corrected chi connectivity index (χ2v) is 10.7. The molecule has 184 valence electrons. The maximum Gasteiger partial charge on any atom is 0.264 e. The van der Waals surface area contributed by atoms with Gasteiger partial charge in [0.05, 0.1) is 17.7 Å². The zero-order valence-corrected chi connectivity index (χ0v) is 21.3. The van der Waals surface area contributed by atoms with Gasteiger partial charge in [-0.05, 0) is 67.6 Å². The van der Waals surface area contributed by atoms with E-state index in [4.69, 9.17) is 16.3 Å². The van der Waals surface area contributed by atoms with E-state index in [0.29, 0.717) is 36.9 Å². The Morgan fingerprint density at radius 2 is 1.51 bits per heavy atom. The first-order valence-electron chi connectivity index (χ1n) is 11.3. The number of carbonyl (C=O) groups is 1. The van der Waals surface area contributed by atoms with Crippen LogP contribution in [0.1, 0.15) is 5.56 Å². The number of halogens is 1. The van der Waals surface area contributed by atoms with Crippen LogP contribution in [0.15, 0.2) is 77.7 Å². The van der Waals surface area contributed by atoms with Crippen molar-refractivity contribution < 1.29 is 17.9 Å². The van der Waals surface area contributed by atoms with E-state index in [-0.39, 0.29) is 17.3 Å². The summed E-state index contributed by atoms with van der Waals surface area (Å²) in [6, 6.07) is 20.9. The van der Waals surface area contributed by atoms with Gasteiger partial charge in [0.1, 0.15) is 12.3 Å². The highest BCUT2D eigenvalue weighted by atomic mass is 35.5. The van der Waals surface area contributed by atoms with Gasteiger partial charge in [-0.25, -0.2) is 8.42 Å². The predicted octanol–water partition coefficient (Wildman–Crippen LogP) is 4.20. The van der Waals surface area contributed by atoms with Crippen molar-refractivity contribution in [2.24, 2.45) is 0 Å². The molecule has 3 aromatic carbocycles. The number of methoxy groups -OCH3 is 1. The molecule has 35 heavy (non-hydrogen) atoms. The number of sulfonamides is 1. The van der Waals surface area contributed by atoms with Crippen molar-refractivity contribution >= 4 is 38.9 Å². The summed E-state index contributed by atoms with van der Waals surface area (Å²) in [6.45, 7) is 3.98. The highest BCUT2D eigenvalue weighted by Crippen LogP contribution is 2.26. The molecule has 1 saturated heterocycles. The molecule has 1 amide bonds. The van der Waals surface area contributed by atoms with E-state index < -0.39 is 10.0 Å². The van der Waals surface area contributed by atoms with Gasteiger partial charge in [0, 0.05) is 36.9 Å². The maximum absolute atomic E-state index is 13.5. The molecule has 0 N–H and O–H groups in total. The molecular formula is C26H28ClN3O4S. The van der Waals surface area contributed by atoms with Crippen LogP contribution >= 0.6 is 11.6 Å². The zero-order valence-electron chi connectivity index (χ0n) is 19.7. The fraction of sp³-hybridized carbons (Fsp3) is 0.269. The number of benzene rings is 3. The van der Waals surface area contributed by atoms with Crippen molar-refractivity contribution in [2.45, 2.75) is 11.8 Å². The van der Waals surface area contributed by atoms with E-state index >= 15 is 0 Å². The summed E-state index contributed by atoms with van der Waals surface area (Å²) < 4.78 is 33.5. The fourth-order valence-corrected chi connectivity index (χ4v) is 5.53. The smallest absolute Gasteiger partial charge is 0.264 e. The van der Waals surface area contributed by atoms with E-state index in [0.717, 1.165) is 17.0 Å². The van der Waals surface area contributed by atoms with Gasteiger partial charge in [-0.1, -0.05) is 29.3 Å². The molecule has 4 rings (SSSR count). The van der Waals surface area contributed by atoms with Crippen LogP contribution in [0.3, 0.4) is 0 Å². The van der Waals surface area contributed by atoms with Gasteiger partial charge in [-0.3, -0.25) is 9.10 Å². The average molecular weight is 514 g/mol. The van der Waals surface area contributed by atoms with E-state index in [1.54, 1.807) is 24.1 Å². The average Bonchev–Trinajstić information content (AvgIpc) is 2.88. The summed E-state index contributed by atoms with van der Waals surface area (Å²) in [6.07, 6.45) is 0. The third kappa shape index (κ3) is 5.71. The highest BCUT2D eigenvalue weighted by molar-refractivity contribution is 7.92. The molecular weight excluding hydrogens is 486 g/mol. The lowest BCUT2D eigenvalue weighted by Crippen LogP contribution is -2.52. The minimum Gasteiger partial charge on any atom is -0.497 e. The molecule has 0 radical (unpaired) electrons. The lowest BCUT2D eigenvalue weighted by molar-refractivity contribution is -0.129. The predicted molar refractivity (Wildman–Crippen MR) is 139 cm³/mol. The number of amides is 1. The second kappa shape index (κ2) is 10.6. The van der Waals surface area contributed by atoms with Crippen molar-refractivity contribution in [3.63, 3.8) is 0 Å². The standard InChI is InChI=1S/C26H28ClN3O4S/c1-20-3-7-23(8-4-20)30(35(32,33)25-13-5-21(27)6-14-25)19-26(31)29-17-15-28(16-18-29)22-9-11-24(34-2)12-10-22/h3-14H,15-19H2,1-2H3. The number of hydrogen-bond donors (Lipinski definition) is 0. The topological polar surface area (TPSA) is 70.2 Å². The molecule has 1 aliphatic heterocycles. The second-order valence-electron chi connectivity index (χ2n) is 8.37. The van der Waals surface area contributed by atoms with Crippen molar-refractivity contribution in [2.75, 3.05) is 49.0 Å². The summed E-state index contributed by atoms with van der Waals surface area (Å²) in [5, 5.41) is 0.441. The van der Waals surface area contributed by atoms with E-state index in [9.17, 15) is 13.2 Å². The molecule has 0 spiro atoms. The third-order valence-corrected chi connectivity index (χ3v) is 8.11. The van der Waals surface area contributed by atoms with Gasteiger partial charge in [0.15, 0.2) is 0 Å². The molecule has 0 aliphatic carbocycles. The van der Waals surface area contributed by atoms with E-state index in [2.05, 4.69) is 4.90 Å². The van der Waals surface area contributed by atoms with Crippen molar-refractivity contribution in [3.05, 3.63) is 83.4 Å². The monoisotopic (exact) mass is 513 g/mol. The van der Waals surface area contributed by atoms with Crippen LogP contribution in [0, 0.1) is 6.92 Å². The SMILES string of the molecule is COc1ccc(N2CCN(C(=O)CN(c3ccc(C)cc3)S(=O)(=O)c3ccc(Cl)cc3)CC2)cc1. The van der Waals surface area contributed by atoms with E-state index in [1.807, 2.05) is 43.3 Å². The minimum absolute atomic E-state index is 0.0830. The first kappa shape index (κ1) is 24.9. The Morgan fingerprint density at radius 1 is 0.914 bits per heavy atom. The molecule has 0 saturated carbocycles. The quantitative estimate of drug-likeness (QED) is 0.473. The Morgan fingerprint density at radius 3 is 2.09 bits per heavy atom. The van der Waals surface area contributed by atoms with E-state index in [1.165, 1.54) is 28.6 Å². The molecule has 7 nitrogen and oxygen atoms in total. The Hall–Kier alpha value is -3.23. The number of piperazine rings is 1. The van der Waals surface area contributed by atoms with Crippen LogP contribution in [-0.4, -0.2) is 59.1 Å². The number of carbonyl (C=O) groups excluding carboxylic acids is 1. The summed E-state index contributed by atoms with van der Waals surface area (Å²) >= 11 is 5.95. The van der Waals surface area contributed by atoms with Crippen molar-refractivity contribution in [1.82, 2.24) is 4.90 Å².